The molecule has 0 spiro atoms. The van der Waals surface area contributed by atoms with Gasteiger partial charge in [-0.05, 0) is 48.4 Å². The fourth-order valence-electron chi connectivity index (χ4n) is 2.52. The summed E-state index contributed by atoms with van der Waals surface area (Å²) in [5.74, 6) is 0.506. The van der Waals surface area contributed by atoms with E-state index in [2.05, 4.69) is 15.5 Å². The van der Waals surface area contributed by atoms with Crippen LogP contribution in [0.1, 0.15) is 15.9 Å². The topological polar surface area (TPSA) is 87.2 Å². The minimum absolute atomic E-state index is 0.103. The summed E-state index contributed by atoms with van der Waals surface area (Å²) in [6.45, 7) is 0.103. The molecule has 2 aromatic carbocycles. The first-order valence-electron chi connectivity index (χ1n) is 7.90. The summed E-state index contributed by atoms with van der Waals surface area (Å²) in [4.78, 5) is 12.6. The van der Waals surface area contributed by atoms with Crippen LogP contribution in [0, 0.1) is 0 Å². The van der Waals surface area contributed by atoms with Gasteiger partial charge in [-0.25, -0.2) is 0 Å². The lowest BCUT2D eigenvalue weighted by Gasteiger charge is -2.07. The molecule has 0 aliphatic rings. The van der Waals surface area contributed by atoms with Crippen LogP contribution in [0.5, 0.6) is 5.75 Å². The molecule has 0 fully saturated rings. The van der Waals surface area contributed by atoms with Gasteiger partial charge >= 0.3 is 0 Å². The number of nitrogens with one attached hydrogen (secondary N) is 2. The molecule has 0 bridgehead atoms. The molecule has 0 radical (unpaired) electrons. The summed E-state index contributed by atoms with van der Waals surface area (Å²) in [7, 11) is 1.61. The molecule has 128 valence electrons. The van der Waals surface area contributed by atoms with Gasteiger partial charge in [-0.3, -0.25) is 9.89 Å². The fourth-order valence-corrected chi connectivity index (χ4v) is 2.52. The van der Waals surface area contributed by atoms with Gasteiger partial charge in [-0.1, -0.05) is 12.1 Å². The molecule has 25 heavy (non-hydrogen) atoms. The van der Waals surface area contributed by atoms with Gasteiger partial charge in [-0.15, -0.1) is 0 Å². The van der Waals surface area contributed by atoms with Crippen molar-refractivity contribution in [3.8, 4) is 17.0 Å². The first kappa shape index (κ1) is 16.7. The van der Waals surface area contributed by atoms with Crippen molar-refractivity contribution in [3.05, 3.63) is 65.9 Å². The zero-order valence-electron chi connectivity index (χ0n) is 13.8. The smallest absolute Gasteiger partial charge is 0.259 e. The highest BCUT2D eigenvalue weighted by Crippen LogP contribution is 2.24. The summed E-state index contributed by atoms with van der Waals surface area (Å²) < 4.78 is 5.15. The minimum atomic E-state index is -0.241. The Morgan fingerprint density at radius 1 is 1.16 bits per heavy atom. The molecule has 0 saturated heterocycles. The van der Waals surface area contributed by atoms with Crippen molar-refractivity contribution < 1.29 is 14.6 Å². The number of anilines is 1. The van der Waals surface area contributed by atoms with Crippen molar-refractivity contribution in [3.63, 3.8) is 0 Å². The number of hydrogen-bond acceptors (Lipinski definition) is 4. The van der Waals surface area contributed by atoms with Crippen LogP contribution in [-0.4, -0.2) is 34.9 Å². The molecule has 1 aromatic heterocycles. The summed E-state index contributed by atoms with van der Waals surface area (Å²) in [6.07, 6.45) is 2.10. The van der Waals surface area contributed by atoms with Crippen LogP contribution < -0.4 is 10.1 Å². The van der Waals surface area contributed by atoms with Gasteiger partial charge in [0.1, 0.15) is 5.75 Å². The van der Waals surface area contributed by atoms with E-state index < -0.39 is 0 Å². The summed E-state index contributed by atoms with van der Waals surface area (Å²) in [5, 5.41) is 18.7. The first-order valence-corrected chi connectivity index (χ1v) is 7.90. The Kier molecular flexibility index (Phi) is 5.11. The van der Waals surface area contributed by atoms with E-state index in [1.165, 1.54) is 6.20 Å². The lowest BCUT2D eigenvalue weighted by molar-refractivity contribution is 0.102. The predicted octanol–water partition coefficient (Wildman–Crippen LogP) is 2.87. The zero-order valence-corrected chi connectivity index (χ0v) is 13.8. The lowest BCUT2D eigenvalue weighted by Crippen LogP contribution is -2.12. The third-order valence-corrected chi connectivity index (χ3v) is 3.87. The van der Waals surface area contributed by atoms with Gasteiger partial charge < -0.3 is 15.2 Å². The second kappa shape index (κ2) is 7.63. The molecule has 6 heteroatoms. The van der Waals surface area contributed by atoms with Gasteiger partial charge in [0.05, 0.1) is 24.6 Å². The van der Waals surface area contributed by atoms with Gasteiger partial charge in [-0.2, -0.15) is 5.10 Å². The molecular weight excluding hydrogens is 318 g/mol. The quantitative estimate of drug-likeness (QED) is 0.645. The number of aromatic nitrogens is 2. The number of carbonyl (C=O) groups excluding carboxylic acids is 1. The largest absolute Gasteiger partial charge is 0.497 e. The Hall–Kier alpha value is -3.12. The molecule has 3 aromatic rings. The van der Waals surface area contributed by atoms with E-state index in [1.54, 1.807) is 7.11 Å². The molecule has 1 amide bonds. The normalized spacial score (nSPS) is 10.5. The maximum absolute atomic E-state index is 12.6. The molecule has 1 heterocycles. The van der Waals surface area contributed by atoms with Crippen LogP contribution in [0.4, 0.5) is 5.69 Å². The highest BCUT2D eigenvalue weighted by Gasteiger charge is 2.15. The molecular formula is C19H19N3O3. The van der Waals surface area contributed by atoms with E-state index in [-0.39, 0.29) is 12.5 Å². The fraction of sp³-hybridized carbons (Fsp3) is 0.158. The summed E-state index contributed by atoms with van der Waals surface area (Å²) >= 11 is 0. The monoisotopic (exact) mass is 337 g/mol. The van der Waals surface area contributed by atoms with E-state index in [1.807, 2.05) is 48.5 Å². The van der Waals surface area contributed by atoms with Crippen molar-refractivity contribution in [1.29, 1.82) is 0 Å². The van der Waals surface area contributed by atoms with E-state index in [0.29, 0.717) is 23.4 Å². The van der Waals surface area contributed by atoms with Crippen molar-refractivity contribution in [2.24, 2.45) is 0 Å². The molecule has 3 rings (SSSR count). The molecule has 3 N–H and O–H groups in total. The number of hydrogen-bond donors (Lipinski definition) is 3. The molecule has 6 nitrogen and oxygen atoms in total. The van der Waals surface area contributed by atoms with Crippen molar-refractivity contribution in [2.75, 3.05) is 19.0 Å². The highest BCUT2D eigenvalue weighted by molar-refractivity contribution is 6.08. The molecule has 0 aliphatic carbocycles. The van der Waals surface area contributed by atoms with Gasteiger partial charge in [0.15, 0.2) is 0 Å². The second-order valence-electron chi connectivity index (χ2n) is 5.51. The number of benzene rings is 2. The maximum atomic E-state index is 12.6. The number of aliphatic hydroxyl groups excluding tert-OH is 1. The van der Waals surface area contributed by atoms with Crippen LogP contribution in [0.25, 0.3) is 11.3 Å². The van der Waals surface area contributed by atoms with Crippen molar-refractivity contribution in [2.45, 2.75) is 6.42 Å². The van der Waals surface area contributed by atoms with Gasteiger partial charge in [0.25, 0.3) is 5.91 Å². The van der Waals surface area contributed by atoms with Crippen LogP contribution in [0.3, 0.4) is 0 Å². The number of H-pyrrole nitrogens is 1. The lowest BCUT2D eigenvalue weighted by atomic mass is 10.1. The standard InChI is InChI=1S/C19H19N3O3/c1-25-16-8-4-14(5-9-16)18-17(12-20-22-18)19(24)21-15-6-2-13(3-7-15)10-11-23/h2-9,12,23H,10-11H2,1H3,(H,20,22)(H,21,24). The number of nitrogens with zero attached hydrogens (tertiary/aromatic N) is 1. The number of aromatic amines is 1. The number of methoxy groups -OCH3 is 1. The van der Waals surface area contributed by atoms with Crippen LogP contribution >= 0.6 is 0 Å². The Bertz CT molecular complexity index is 839. The zero-order chi connectivity index (χ0) is 17.6. The molecule has 0 atom stereocenters. The Morgan fingerprint density at radius 2 is 1.88 bits per heavy atom. The average molecular weight is 337 g/mol. The number of amides is 1. The Labute approximate surface area is 145 Å². The SMILES string of the molecule is COc1ccc(-c2[nH]ncc2C(=O)Nc2ccc(CCO)cc2)cc1. The minimum Gasteiger partial charge on any atom is -0.497 e. The third kappa shape index (κ3) is 3.87. The molecule has 0 unspecified atom stereocenters. The molecule has 0 aliphatic heterocycles. The number of aliphatic hydroxyl groups is 1. The Morgan fingerprint density at radius 3 is 2.52 bits per heavy atom. The van der Waals surface area contributed by atoms with Crippen LogP contribution in [-0.2, 0) is 6.42 Å². The summed E-state index contributed by atoms with van der Waals surface area (Å²) in [5.41, 5.74) is 3.67. The Balaban J connectivity index is 1.77. The number of rotatable bonds is 6. The van der Waals surface area contributed by atoms with Crippen molar-refractivity contribution in [1.82, 2.24) is 10.2 Å². The maximum Gasteiger partial charge on any atom is 0.259 e. The van der Waals surface area contributed by atoms with Gasteiger partial charge in [0.2, 0.25) is 0 Å². The number of carbonyl (C=O) groups is 1. The second-order valence-corrected chi connectivity index (χ2v) is 5.51. The first-order chi connectivity index (χ1) is 12.2. The molecule has 0 saturated carbocycles. The van der Waals surface area contributed by atoms with Crippen molar-refractivity contribution >= 4 is 11.6 Å². The third-order valence-electron chi connectivity index (χ3n) is 3.87. The summed E-state index contributed by atoms with van der Waals surface area (Å²) in [6, 6.07) is 14.8. The van der Waals surface area contributed by atoms with Gasteiger partial charge in [0, 0.05) is 17.9 Å². The van der Waals surface area contributed by atoms with Crippen LogP contribution in [0.2, 0.25) is 0 Å². The van der Waals surface area contributed by atoms with E-state index in [4.69, 9.17) is 9.84 Å². The van der Waals surface area contributed by atoms with E-state index in [9.17, 15) is 4.79 Å². The number of ether oxygens (including phenoxy) is 1. The van der Waals surface area contributed by atoms with E-state index >= 15 is 0 Å². The predicted molar refractivity (Wildman–Crippen MR) is 95.8 cm³/mol. The van der Waals surface area contributed by atoms with Crippen LogP contribution in [0.15, 0.2) is 54.7 Å². The highest BCUT2D eigenvalue weighted by atomic mass is 16.5. The average Bonchev–Trinajstić information content (AvgIpc) is 3.13. The van der Waals surface area contributed by atoms with E-state index in [0.717, 1.165) is 16.9 Å².